The van der Waals surface area contributed by atoms with Crippen LogP contribution in [0.3, 0.4) is 0 Å². The van der Waals surface area contributed by atoms with E-state index in [-0.39, 0.29) is 42.0 Å². The molecule has 2 aliphatic rings. The lowest BCUT2D eigenvalue weighted by molar-refractivity contribution is -0.139. The SMILES string of the molecule is C=CCN1C(=O)[C@H]2[C@H](C1=O)[C@H](c1ccccc1)C=C[C@@H]2c1ccccc1. The van der Waals surface area contributed by atoms with Gasteiger partial charge in [-0.1, -0.05) is 78.9 Å². The molecule has 0 radical (unpaired) electrons. The minimum atomic E-state index is -0.361. The van der Waals surface area contributed by atoms with Crippen molar-refractivity contribution in [1.82, 2.24) is 4.90 Å². The molecule has 26 heavy (non-hydrogen) atoms. The molecule has 1 fully saturated rings. The molecule has 2 aromatic rings. The highest BCUT2D eigenvalue weighted by atomic mass is 16.2. The van der Waals surface area contributed by atoms with Crippen molar-refractivity contribution in [3.63, 3.8) is 0 Å². The molecule has 0 spiro atoms. The number of carbonyl (C=O) groups is 2. The van der Waals surface area contributed by atoms with Gasteiger partial charge < -0.3 is 0 Å². The fourth-order valence-electron chi connectivity index (χ4n) is 4.30. The minimum Gasteiger partial charge on any atom is -0.278 e. The smallest absolute Gasteiger partial charge is 0.234 e. The summed E-state index contributed by atoms with van der Waals surface area (Å²) in [6.07, 6.45) is 5.84. The zero-order chi connectivity index (χ0) is 18.1. The topological polar surface area (TPSA) is 37.4 Å². The molecule has 2 amide bonds. The first-order valence-electron chi connectivity index (χ1n) is 8.96. The van der Waals surface area contributed by atoms with Crippen LogP contribution in [0.4, 0.5) is 0 Å². The Morgan fingerprint density at radius 3 is 1.58 bits per heavy atom. The maximum absolute atomic E-state index is 13.1. The molecule has 1 aliphatic heterocycles. The molecule has 0 aromatic heterocycles. The highest BCUT2D eigenvalue weighted by Crippen LogP contribution is 2.49. The summed E-state index contributed by atoms with van der Waals surface area (Å²) in [5.74, 6) is -1.04. The first-order chi connectivity index (χ1) is 12.7. The Labute approximate surface area is 153 Å². The molecular formula is C23H21NO2. The number of carbonyl (C=O) groups excluding carboxylic acids is 2. The van der Waals surface area contributed by atoms with Crippen molar-refractivity contribution in [2.24, 2.45) is 11.8 Å². The van der Waals surface area contributed by atoms with Crippen LogP contribution in [-0.4, -0.2) is 23.3 Å². The van der Waals surface area contributed by atoms with Crippen molar-refractivity contribution >= 4 is 11.8 Å². The molecule has 130 valence electrons. The zero-order valence-electron chi connectivity index (χ0n) is 14.5. The third kappa shape index (κ3) is 2.60. The van der Waals surface area contributed by atoms with E-state index in [1.165, 1.54) is 4.90 Å². The average molecular weight is 343 g/mol. The summed E-state index contributed by atoms with van der Waals surface area (Å²) in [5, 5.41) is 0. The molecule has 0 saturated carbocycles. The van der Waals surface area contributed by atoms with Gasteiger partial charge in [-0.3, -0.25) is 14.5 Å². The van der Waals surface area contributed by atoms with Gasteiger partial charge in [-0.05, 0) is 11.1 Å². The number of imide groups is 1. The first kappa shape index (κ1) is 16.5. The van der Waals surface area contributed by atoms with Crippen molar-refractivity contribution in [2.45, 2.75) is 11.8 Å². The van der Waals surface area contributed by atoms with Gasteiger partial charge in [0.1, 0.15) is 0 Å². The highest BCUT2D eigenvalue weighted by molar-refractivity contribution is 6.06. The number of fused-ring (bicyclic) bond motifs is 1. The van der Waals surface area contributed by atoms with Crippen molar-refractivity contribution < 1.29 is 9.59 Å². The van der Waals surface area contributed by atoms with Crippen molar-refractivity contribution in [3.05, 3.63) is 96.6 Å². The van der Waals surface area contributed by atoms with E-state index in [0.717, 1.165) is 11.1 Å². The molecule has 1 heterocycles. The second-order valence-electron chi connectivity index (χ2n) is 6.89. The molecular weight excluding hydrogens is 322 g/mol. The van der Waals surface area contributed by atoms with Crippen molar-refractivity contribution in [1.29, 1.82) is 0 Å². The number of benzene rings is 2. The number of rotatable bonds is 4. The Bertz CT molecular complexity index is 789. The number of hydrogen-bond donors (Lipinski definition) is 0. The summed E-state index contributed by atoms with van der Waals surface area (Å²) in [7, 11) is 0. The lowest BCUT2D eigenvalue weighted by Gasteiger charge is -2.32. The Morgan fingerprint density at radius 2 is 1.19 bits per heavy atom. The fourth-order valence-corrected chi connectivity index (χ4v) is 4.30. The summed E-state index contributed by atoms with van der Waals surface area (Å²) < 4.78 is 0. The van der Waals surface area contributed by atoms with Crippen LogP contribution in [0.1, 0.15) is 23.0 Å². The molecule has 1 aliphatic carbocycles. The first-order valence-corrected chi connectivity index (χ1v) is 8.96. The second-order valence-corrected chi connectivity index (χ2v) is 6.89. The molecule has 0 bridgehead atoms. The lowest BCUT2D eigenvalue weighted by atomic mass is 9.68. The van der Waals surface area contributed by atoms with Crippen molar-refractivity contribution in [3.8, 4) is 0 Å². The molecule has 4 atom stereocenters. The predicted molar refractivity (Wildman–Crippen MR) is 101 cm³/mol. The Hall–Kier alpha value is -2.94. The zero-order valence-corrected chi connectivity index (χ0v) is 14.5. The lowest BCUT2D eigenvalue weighted by Crippen LogP contribution is -2.31. The van der Waals surface area contributed by atoms with Gasteiger partial charge in [0.05, 0.1) is 11.8 Å². The predicted octanol–water partition coefficient (Wildman–Crippen LogP) is 3.91. The third-order valence-corrected chi connectivity index (χ3v) is 5.47. The summed E-state index contributed by atoms with van der Waals surface area (Å²) >= 11 is 0. The summed E-state index contributed by atoms with van der Waals surface area (Å²) in [6.45, 7) is 3.97. The van der Waals surface area contributed by atoms with Gasteiger partial charge in [-0.2, -0.15) is 0 Å². The van der Waals surface area contributed by atoms with Gasteiger partial charge >= 0.3 is 0 Å². The van der Waals surface area contributed by atoms with Crippen LogP contribution in [0.5, 0.6) is 0 Å². The van der Waals surface area contributed by atoms with Gasteiger partial charge in [0.15, 0.2) is 0 Å². The van der Waals surface area contributed by atoms with E-state index in [4.69, 9.17) is 0 Å². The summed E-state index contributed by atoms with van der Waals surface area (Å²) in [4.78, 5) is 27.6. The maximum Gasteiger partial charge on any atom is 0.234 e. The van der Waals surface area contributed by atoms with Gasteiger partial charge in [0.25, 0.3) is 0 Å². The van der Waals surface area contributed by atoms with E-state index in [1.54, 1.807) is 6.08 Å². The molecule has 3 heteroatoms. The van der Waals surface area contributed by atoms with E-state index >= 15 is 0 Å². The van der Waals surface area contributed by atoms with Crippen LogP contribution in [0, 0.1) is 11.8 Å². The normalized spacial score (nSPS) is 27.5. The van der Waals surface area contributed by atoms with Gasteiger partial charge in [-0.15, -0.1) is 6.58 Å². The van der Waals surface area contributed by atoms with Crippen LogP contribution in [0.25, 0.3) is 0 Å². The van der Waals surface area contributed by atoms with E-state index < -0.39 is 0 Å². The largest absolute Gasteiger partial charge is 0.278 e. The maximum atomic E-state index is 13.1. The number of amides is 2. The quantitative estimate of drug-likeness (QED) is 0.623. The minimum absolute atomic E-state index is 0.0765. The Kier molecular flexibility index (Phi) is 4.29. The van der Waals surface area contributed by atoms with Gasteiger partial charge in [-0.25, -0.2) is 0 Å². The van der Waals surface area contributed by atoms with E-state index in [2.05, 4.69) is 18.7 Å². The average Bonchev–Trinajstić information content (AvgIpc) is 2.95. The molecule has 0 unspecified atom stereocenters. The standard InChI is InChI=1S/C23H21NO2/c1-2-15-24-22(25)20-18(16-9-5-3-6-10-16)13-14-19(21(20)23(24)26)17-11-7-4-8-12-17/h2-14,18-21H,1,15H2/t18-,19+,20-,21-/m1/s1. The number of nitrogens with zero attached hydrogens (tertiary/aromatic N) is 1. The Morgan fingerprint density at radius 1 is 0.769 bits per heavy atom. The number of likely N-dealkylation sites (tertiary alicyclic amines) is 1. The molecule has 3 nitrogen and oxygen atoms in total. The van der Waals surface area contributed by atoms with Gasteiger partial charge in [0, 0.05) is 18.4 Å². The van der Waals surface area contributed by atoms with Crippen molar-refractivity contribution in [2.75, 3.05) is 6.54 Å². The third-order valence-electron chi connectivity index (χ3n) is 5.47. The Balaban J connectivity index is 1.81. The van der Waals surface area contributed by atoms with Gasteiger partial charge in [0.2, 0.25) is 11.8 Å². The molecule has 1 saturated heterocycles. The van der Waals surface area contributed by atoms with Crippen LogP contribution in [0.2, 0.25) is 0 Å². The van der Waals surface area contributed by atoms with E-state index in [0.29, 0.717) is 0 Å². The molecule has 0 N–H and O–H groups in total. The van der Waals surface area contributed by atoms with Crippen LogP contribution in [-0.2, 0) is 9.59 Å². The monoisotopic (exact) mass is 343 g/mol. The second kappa shape index (κ2) is 6.75. The number of allylic oxidation sites excluding steroid dienone is 2. The summed E-state index contributed by atoms with van der Waals surface area (Å²) in [6, 6.07) is 20.0. The highest BCUT2D eigenvalue weighted by Gasteiger charge is 2.54. The van der Waals surface area contributed by atoms with E-state index in [1.807, 2.05) is 60.7 Å². The van der Waals surface area contributed by atoms with Crippen LogP contribution < -0.4 is 0 Å². The summed E-state index contributed by atoms with van der Waals surface area (Å²) in [5.41, 5.74) is 2.15. The van der Waals surface area contributed by atoms with Crippen LogP contribution >= 0.6 is 0 Å². The number of hydrogen-bond acceptors (Lipinski definition) is 2. The fraction of sp³-hybridized carbons (Fsp3) is 0.217. The van der Waals surface area contributed by atoms with Crippen LogP contribution in [0.15, 0.2) is 85.5 Å². The molecule has 4 rings (SSSR count). The van der Waals surface area contributed by atoms with E-state index in [9.17, 15) is 9.59 Å². The molecule has 2 aromatic carbocycles.